The molecule has 2 aliphatic rings. The van der Waals surface area contributed by atoms with Gasteiger partial charge in [0.15, 0.2) is 0 Å². The molecule has 1 aromatic heterocycles. The Labute approximate surface area is 183 Å². The highest BCUT2D eigenvalue weighted by Gasteiger charge is 2.27. The number of ether oxygens (including phenoxy) is 1. The molecular weight excluding hydrogens is 398 g/mol. The normalized spacial score (nSPS) is 22.2. The van der Waals surface area contributed by atoms with Crippen LogP contribution in [0.15, 0.2) is 36.5 Å². The van der Waals surface area contributed by atoms with E-state index in [1.807, 2.05) is 18.2 Å². The summed E-state index contributed by atoms with van der Waals surface area (Å²) >= 11 is 6.47. The van der Waals surface area contributed by atoms with Crippen LogP contribution in [0, 0.1) is 11.8 Å². The minimum Gasteiger partial charge on any atom is -0.385 e. The summed E-state index contributed by atoms with van der Waals surface area (Å²) in [6, 6.07) is 10.4. The van der Waals surface area contributed by atoms with Crippen LogP contribution < -0.4 is 11.1 Å². The fourth-order valence-corrected chi connectivity index (χ4v) is 4.65. The van der Waals surface area contributed by atoms with Crippen LogP contribution >= 0.6 is 11.6 Å². The minimum absolute atomic E-state index is 0.0682. The van der Waals surface area contributed by atoms with Gasteiger partial charge in [0, 0.05) is 61.3 Å². The Bertz CT molecular complexity index is 883. The summed E-state index contributed by atoms with van der Waals surface area (Å²) in [5, 5.41) is 4.15. The lowest BCUT2D eigenvalue weighted by atomic mass is 9.97. The van der Waals surface area contributed by atoms with Crippen molar-refractivity contribution in [3.8, 4) is 11.1 Å². The highest BCUT2D eigenvalue weighted by molar-refractivity contribution is 6.33. The molecule has 1 saturated carbocycles. The van der Waals surface area contributed by atoms with Crippen LogP contribution in [0.3, 0.4) is 0 Å². The van der Waals surface area contributed by atoms with Crippen molar-refractivity contribution in [2.24, 2.45) is 17.6 Å². The van der Waals surface area contributed by atoms with Crippen molar-refractivity contribution in [1.29, 1.82) is 0 Å². The van der Waals surface area contributed by atoms with E-state index in [1.54, 1.807) is 6.20 Å². The Balaban J connectivity index is 1.45. The Hall–Kier alpha value is -1.95. The van der Waals surface area contributed by atoms with Crippen molar-refractivity contribution in [3.63, 3.8) is 0 Å². The van der Waals surface area contributed by atoms with Gasteiger partial charge in [-0.1, -0.05) is 23.7 Å². The first-order valence-corrected chi connectivity index (χ1v) is 11.3. The maximum atomic E-state index is 12.6. The fourth-order valence-electron chi connectivity index (χ4n) is 4.44. The lowest BCUT2D eigenvalue weighted by Gasteiger charge is -2.22. The van der Waals surface area contributed by atoms with E-state index in [2.05, 4.69) is 22.4 Å². The van der Waals surface area contributed by atoms with Gasteiger partial charge < -0.3 is 15.8 Å². The molecule has 0 radical (unpaired) electrons. The number of halogens is 1. The number of hydrogen-bond acceptors (Lipinski definition) is 5. The number of carbonyl (C=O) groups is 1. The third-order valence-corrected chi connectivity index (χ3v) is 6.61. The van der Waals surface area contributed by atoms with Gasteiger partial charge in [0.1, 0.15) is 5.78 Å². The summed E-state index contributed by atoms with van der Waals surface area (Å²) in [6.45, 7) is 2.65. The Kier molecular flexibility index (Phi) is 7.03. The number of nitrogens with one attached hydrogen (secondary N) is 1. The number of carbonyl (C=O) groups excluding carboxylic acids is 1. The molecule has 3 N–H and O–H groups in total. The van der Waals surface area contributed by atoms with Gasteiger partial charge in [0.2, 0.25) is 0 Å². The van der Waals surface area contributed by atoms with Crippen molar-refractivity contribution in [3.05, 3.63) is 47.2 Å². The lowest BCUT2D eigenvalue weighted by Crippen LogP contribution is -2.22. The molecule has 160 valence electrons. The third kappa shape index (κ3) is 5.39. The second-order valence-electron chi connectivity index (χ2n) is 8.59. The van der Waals surface area contributed by atoms with E-state index in [4.69, 9.17) is 22.1 Å². The molecule has 1 aliphatic heterocycles. The summed E-state index contributed by atoms with van der Waals surface area (Å²) in [5.41, 5.74) is 9.74. The molecule has 1 aromatic carbocycles. The summed E-state index contributed by atoms with van der Waals surface area (Å²) in [5.74, 6) is 0.947. The van der Waals surface area contributed by atoms with Crippen LogP contribution in [0.5, 0.6) is 0 Å². The van der Waals surface area contributed by atoms with Gasteiger partial charge in [-0.2, -0.15) is 0 Å². The molecule has 0 unspecified atom stereocenters. The van der Waals surface area contributed by atoms with Gasteiger partial charge in [0.25, 0.3) is 0 Å². The zero-order valence-corrected chi connectivity index (χ0v) is 18.0. The molecule has 2 atom stereocenters. The SMILES string of the molecule is N[C@@H]1CC[C@@H](C(=O)Cc2cc(-c3cccc(NCC4CCOCC4)c3)c(Cl)cn2)C1. The number of aromatic nitrogens is 1. The number of anilines is 1. The van der Waals surface area contributed by atoms with Crippen LogP contribution in [0.4, 0.5) is 5.69 Å². The number of rotatable bonds is 7. The van der Waals surface area contributed by atoms with Gasteiger partial charge >= 0.3 is 0 Å². The van der Waals surface area contributed by atoms with Crippen LogP contribution in [-0.4, -0.2) is 36.6 Å². The van der Waals surface area contributed by atoms with Crippen molar-refractivity contribution in [2.45, 2.75) is 44.6 Å². The molecule has 6 heteroatoms. The van der Waals surface area contributed by atoms with E-state index < -0.39 is 0 Å². The lowest BCUT2D eigenvalue weighted by molar-refractivity contribution is -0.122. The molecule has 4 rings (SSSR count). The summed E-state index contributed by atoms with van der Waals surface area (Å²) in [4.78, 5) is 17.0. The average molecular weight is 428 g/mol. The molecule has 0 amide bonds. The summed E-state index contributed by atoms with van der Waals surface area (Å²) < 4.78 is 5.44. The Morgan fingerprint density at radius 2 is 2.03 bits per heavy atom. The van der Waals surface area contributed by atoms with Crippen LogP contribution in [-0.2, 0) is 16.0 Å². The number of ketones is 1. The summed E-state index contributed by atoms with van der Waals surface area (Å²) in [7, 11) is 0. The number of nitrogens with zero attached hydrogens (tertiary/aromatic N) is 1. The number of nitrogens with two attached hydrogens (primary N) is 1. The number of hydrogen-bond donors (Lipinski definition) is 2. The highest BCUT2D eigenvalue weighted by Crippen LogP contribution is 2.31. The van der Waals surface area contributed by atoms with Crippen molar-refractivity contribution in [2.75, 3.05) is 25.1 Å². The second kappa shape index (κ2) is 9.90. The smallest absolute Gasteiger partial charge is 0.141 e. The van der Waals surface area contributed by atoms with E-state index in [-0.39, 0.29) is 17.7 Å². The van der Waals surface area contributed by atoms with E-state index in [0.717, 1.165) is 74.4 Å². The standard InChI is InChI=1S/C24H30ClN3O2/c25-23-15-28-21(13-24(29)18-4-5-19(26)10-18)12-22(23)17-2-1-3-20(11-17)27-14-16-6-8-30-9-7-16/h1-3,11-12,15-16,18-19,27H,4-10,13-14,26H2/t18-,19-/m1/s1. The minimum atomic E-state index is 0.0682. The molecule has 1 aliphatic carbocycles. The van der Waals surface area contributed by atoms with Crippen molar-refractivity contribution < 1.29 is 9.53 Å². The van der Waals surface area contributed by atoms with Gasteiger partial charge in [-0.05, 0) is 61.8 Å². The van der Waals surface area contributed by atoms with E-state index in [1.165, 1.54) is 0 Å². The van der Waals surface area contributed by atoms with Gasteiger partial charge in [-0.15, -0.1) is 0 Å². The topological polar surface area (TPSA) is 77.2 Å². The van der Waals surface area contributed by atoms with Gasteiger partial charge in [-0.25, -0.2) is 0 Å². The number of Topliss-reactive ketones (excluding diaryl/α,β-unsaturated/α-hetero) is 1. The molecule has 5 nitrogen and oxygen atoms in total. The average Bonchev–Trinajstić information content (AvgIpc) is 3.21. The monoisotopic (exact) mass is 427 g/mol. The Morgan fingerprint density at radius 3 is 2.80 bits per heavy atom. The van der Waals surface area contributed by atoms with Crippen molar-refractivity contribution >= 4 is 23.1 Å². The molecule has 2 fully saturated rings. The molecule has 2 heterocycles. The van der Waals surface area contributed by atoms with E-state index in [9.17, 15) is 4.79 Å². The predicted molar refractivity (Wildman–Crippen MR) is 121 cm³/mol. The van der Waals surface area contributed by atoms with Gasteiger partial charge in [0.05, 0.1) is 5.02 Å². The zero-order chi connectivity index (χ0) is 20.9. The summed E-state index contributed by atoms with van der Waals surface area (Å²) in [6.07, 6.45) is 6.81. The first-order chi connectivity index (χ1) is 14.6. The first-order valence-electron chi connectivity index (χ1n) is 10.9. The first kappa shape index (κ1) is 21.3. The van der Waals surface area contributed by atoms with Gasteiger partial charge in [-0.3, -0.25) is 9.78 Å². The van der Waals surface area contributed by atoms with Crippen molar-refractivity contribution in [1.82, 2.24) is 4.98 Å². The van der Waals surface area contributed by atoms with Crippen LogP contribution in [0.25, 0.3) is 11.1 Å². The highest BCUT2D eigenvalue weighted by atomic mass is 35.5. The maximum Gasteiger partial charge on any atom is 0.141 e. The molecule has 0 bridgehead atoms. The second-order valence-corrected chi connectivity index (χ2v) is 8.99. The number of pyridine rings is 1. The fraction of sp³-hybridized carbons (Fsp3) is 0.500. The Morgan fingerprint density at radius 1 is 1.20 bits per heavy atom. The maximum absolute atomic E-state index is 12.6. The quantitative estimate of drug-likeness (QED) is 0.681. The molecule has 0 spiro atoms. The molecule has 2 aromatic rings. The molecular formula is C24H30ClN3O2. The predicted octanol–water partition coefficient (Wildman–Crippen LogP) is 4.48. The third-order valence-electron chi connectivity index (χ3n) is 6.31. The van der Waals surface area contributed by atoms with Crippen LogP contribution in [0.1, 0.15) is 37.8 Å². The van der Waals surface area contributed by atoms with E-state index in [0.29, 0.717) is 17.4 Å². The van der Waals surface area contributed by atoms with E-state index >= 15 is 0 Å². The number of benzene rings is 1. The largest absolute Gasteiger partial charge is 0.385 e. The molecule has 1 saturated heterocycles. The van der Waals surface area contributed by atoms with Crippen LogP contribution in [0.2, 0.25) is 5.02 Å². The zero-order valence-electron chi connectivity index (χ0n) is 17.3. The molecule has 30 heavy (non-hydrogen) atoms.